The topological polar surface area (TPSA) is 36.7 Å². The van der Waals surface area contributed by atoms with Gasteiger partial charge in [-0.25, -0.2) is 0 Å². The number of rotatable bonds is 4. The monoisotopic (exact) mass is 186 g/mol. The first-order valence-electron chi connectivity index (χ1n) is 4.65. The number of allylic oxidation sites excluding steroid dienone is 1. The SMILES string of the molecule is C=CC(C)(CCC#N)c1ccccn1. The maximum Gasteiger partial charge on any atom is 0.0622 e. The van der Waals surface area contributed by atoms with E-state index in [0.717, 1.165) is 12.1 Å². The van der Waals surface area contributed by atoms with Crippen molar-refractivity contribution < 1.29 is 0 Å². The van der Waals surface area contributed by atoms with Gasteiger partial charge in [0.25, 0.3) is 0 Å². The van der Waals surface area contributed by atoms with Gasteiger partial charge in [-0.3, -0.25) is 4.98 Å². The Balaban J connectivity index is 2.91. The summed E-state index contributed by atoms with van der Waals surface area (Å²) in [6.45, 7) is 5.87. The minimum Gasteiger partial charge on any atom is -0.260 e. The summed E-state index contributed by atoms with van der Waals surface area (Å²) in [5, 5.41) is 8.57. The van der Waals surface area contributed by atoms with E-state index in [2.05, 4.69) is 24.6 Å². The van der Waals surface area contributed by atoms with E-state index in [1.54, 1.807) is 6.20 Å². The van der Waals surface area contributed by atoms with Gasteiger partial charge in [0.05, 0.1) is 11.8 Å². The van der Waals surface area contributed by atoms with Crippen LogP contribution in [0.2, 0.25) is 0 Å². The zero-order valence-electron chi connectivity index (χ0n) is 8.40. The van der Waals surface area contributed by atoms with Crippen LogP contribution in [-0.2, 0) is 5.41 Å². The van der Waals surface area contributed by atoms with Gasteiger partial charge in [-0.05, 0) is 18.6 Å². The molecule has 0 aliphatic heterocycles. The van der Waals surface area contributed by atoms with Gasteiger partial charge in [0, 0.05) is 18.0 Å². The average Bonchev–Trinajstić information content (AvgIpc) is 2.27. The van der Waals surface area contributed by atoms with Crippen LogP contribution in [-0.4, -0.2) is 4.98 Å². The lowest BCUT2D eigenvalue weighted by Gasteiger charge is -2.23. The lowest BCUT2D eigenvalue weighted by Crippen LogP contribution is -2.19. The van der Waals surface area contributed by atoms with Gasteiger partial charge in [0.2, 0.25) is 0 Å². The van der Waals surface area contributed by atoms with Gasteiger partial charge < -0.3 is 0 Å². The van der Waals surface area contributed by atoms with Crippen LogP contribution < -0.4 is 0 Å². The van der Waals surface area contributed by atoms with Crippen LogP contribution in [0.3, 0.4) is 0 Å². The van der Waals surface area contributed by atoms with Crippen molar-refractivity contribution in [3.63, 3.8) is 0 Å². The minimum atomic E-state index is -0.184. The van der Waals surface area contributed by atoms with Crippen LogP contribution in [0.4, 0.5) is 0 Å². The Hall–Kier alpha value is -1.62. The van der Waals surface area contributed by atoms with Crippen molar-refractivity contribution >= 4 is 0 Å². The Labute approximate surface area is 84.9 Å². The first-order chi connectivity index (χ1) is 6.73. The van der Waals surface area contributed by atoms with Crippen LogP contribution >= 0.6 is 0 Å². The van der Waals surface area contributed by atoms with E-state index >= 15 is 0 Å². The summed E-state index contributed by atoms with van der Waals surface area (Å²) < 4.78 is 0. The number of nitriles is 1. The fraction of sp³-hybridized carbons (Fsp3) is 0.333. The van der Waals surface area contributed by atoms with Crippen molar-refractivity contribution in [2.24, 2.45) is 0 Å². The molecule has 2 nitrogen and oxygen atoms in total. The molecule has 0 amide bonds. The van der Waals surface area contributed by atoms with Gasteiger partial charge in [-0.15, -0.1) is 6.58 Å². The van der Waals surface area contributed by atoms with E-state index in [-0.39, 0.29) is 5.41 Å². The number of pyridine rings is 1. The fourth-order valence-corrected chi connectivity index (χ4v) is 1.35. The van der Waals surface area contributed by atoms with Crippen LogP contribution in [0.25, 0.3) is 0 Å². The third-order valence-corrected chi connectivity index (χ3v) is 2.46. The third kappa shape index (κ3) is 2.20. The zero-order chi connectivity index (χ0) is 10.4. The summed E-state index contributed by atoms with van der Waals surface area (Å²) >= 11 is 0. The molecule has 14 heavy (non-hydrogen) atoms. The average molecular weight is 186 g/mol. The van der Waals surface area contributed by atoms with Crippen LogP contribution in [0, 0.1) is 11.3 Å². The molecule has 72 valence electrons. The van der Waals surface area contributed by atoms with Crippen molar-refractivity contribution in [3.8, 4) is 6.07 Å². The molecule has 0 aromatic carbocycles. The van der Waals surface area contributed by atoms with E-state index < -0.39 is 0 Å². The Bertz CT molecular complexity index is 337. The normalized spacial score (nSPS) is 14.0. The molecule has 1 heterocycles. The van der Waals surface area contributed by atoms with Crippen molar-refractivity contribution in [3.05, 3.63) is 42.7 Å². The largest absolute Gasteiger partial charge is 0.260 e. The van der Waals surface area contributed by atoms with E-state index in [4.69, 9.17) is 5.26 Å². The highest BCUT2D eigenvalue weighted by Gasteiger charge is 2.23. The summed E-state index contributed by atoms with van der Waals surface area (Å²) in [6, 6.07) is 7.96. The molecule has 2 heteroatoms. The second-order valence-corrected chi connectivity index (χ2v) is 3.49. The maximum absolute atomic E-state index is 8.57. The molecule has 0 saturated heterocycles. The maximum atomic E-state index is 8.57. The van der Waals surface area contributed by atoms with Gasteiger partial charge >= 0.3 is 0 Å². The third-order valence-electron chi connectivity index (χ3n) is 2.46. The molecule has 1 atom stereocenters. The smallest absolute Gasteiger partial charge is 0.0622 e. The molecule has 1 rings (SSSR count). The molecular weight excluding hydrogens is 172 g/mol. The molecule has 0 bridgehead atoms. The van der Waals surface area contributed by atoms with E-state index in [0.29, 0.717) is 6.42 Å². The number of hydrogen-bond donors (Lipinski definition) is 0. The van der Waals surface area contributed by atoms with Crippen LogP contribution in [0.15, 0.2) is 37.1 Å². The summed E-state index contributed by atoms with van der Waals surface area (Å²) in [6.07, 6.45) is 4.93. The van der Waals surface area contributed by atoms with Crippen LogP contribution in [0.1, 0.15) is 25.5 Å². The van der Waals surface area contributed by atoms with Gasteiger partial charge in [-0.2, -0.15) is 5.26 Å². The molecule has 0 N–H and O–H groups in total. The molecule has 0 saturated carbocycles. The molecule has 0 aliphatic carbocycles. The summed E-state index contributed by atoms with van der Waals surface area (Å²) in [7, 11) is 0. The quantitative estimate of drug-likeness (QED) is 0.678. The molecule has 0 aliphatic rings. The zero-order valence-corrected chi connectivity index (χ0v) is 8.40. The highest BCUT2D eigenvalue weighted by molar-refractivity contribution is 5.22. The summed E-state index contributed by atoms with van der Waals surface area (Å²) in [5.41, 5.74) is 0.794. The number of hydrogen-bond acceptors (Lipinski definition) is 2. The Morgan fingerprint density at radius 1 is 1.64 bits per heavy atom. The second-order valence-electron chi connectivity index (χ2n) is 3.49. The first kappa shape index (κ1) is 10.5. The summed E-state index contributed by atoms with van der Waals surface area (Å²) in [4.78, 5) is 4.29. The van der Waals surface area contributed by atoms with E-state index in [1.165, 1.54) is 0 Å². The highest BCUT2D eigenvalue weighted by Crippen LogP contribution is 2.27. The molecule has 0 spiro atoms. The van der Waals surface area contributed by atoms with Crippen molar-refractivity contribution in [1.82, 2.24) is 4.98 Å². The van der Waals surface area contributed by atoms with Crippen molar-refractivity contribution in [2.45, 2.75) is 25.2 Å². The molecular formula is C12H14N2. The first-order valence-corrected chi connectivity index (χ1v) is 4.65. The lowest BCUT2D eigenvalue weighted by atomic mass is 9.82. The predicted octanol–water partition coefficient (Wildman–Crippen LogP) is 2.83. The minimum absolute atomic E-state index is 0.184. The van der Waals surface area contributed by atoms with Crippen molar-refractivity contribution in [1.29, 1.82) is 5.26 Å². The van der Waals surface area contributed by atoms with Gasteiger partial charge in [0.15, 0.2) is 0 Å². The highest BCUT2D eigenvalue weighted by atomic mass is 14.7. The molecule has 0 fully saturated rings. The number of nitrogens with zero attached hydrogens (tertiary/aromatic N) is 2. The summed E-state index contributed by atoms with van der Waals surface area (Å²) in [5.74, 6) is 0. The molecule has 1 aromatic heterocycles. The van der Waals surface area contributed by atoms with Crippen LogP contribution in [0.5, 0.6) is 0 Å². The number of aromatic nitrogens is 1. The Kier molecular flexibility index (Phi) is 3.41. The van der Waals surface area contributed by atoms with Gasteiger partial charge in [0.1, 0.15) is 0 Å². The van der Waals surface area contributed by atoms with Crippen molar-refractivity contribution in [2.75, 3.05) is 0 Å². The van der Waals surface area contributed by atoms with E-state index in [1.807, 2.05) is 24.3 Å². The Morgan fingerprint density at radius 2 is 2.43 bits per heavy atom. The lowest BCUT2D eigenvalue weighted by molar-refractivity contribution is 0.533. The predicted molar refractivity (Wildman–Crippen MR) is 56.6 cm³/mol. The Morgan fingerprint density at radius 3 is 2.93 bits per heavy atom. The van der Waals surface area contributed by atoms with E-state index in [9.17, 15) is 0 Å². The fourth-order valence-electron chi connectivity index (χ4n) is 1.35. The standard InChI is InChI=1S/C12H14N2/c1-3-12(2,8-6-9-13)11-7-4-5-10-14-11/h3-5,7,10H,1,6,8H2,2H3. The molecule has 0 radical (unpaired) electrons. The molecule has 1 aromatic rings. The van der Waals surface area contributed by atoms with Gasteiger partial charge in [-0.1, -0.05) is 19.1 Å². The second kappa shape index (κ2) is 4.57. The molecule has 1 unspecified atom stereocenters.